The smallest absolute Gasteiger partial charge is 0.256 e. The fourth-order valence-electron chi connectivity index (χ4n) is 2.92. The predicted octanol–water partition coefficient (Wildman–Crippen LogP) is 4.09. The highest BCUT2D eigenvalue weighted by molar-refractivity contribution is 6.29. The monoisotopic (exact) mass is 353 g/mol. The molecule has 2 aromatic heterocycles. The molecule has 0 unspecified atom stereocenters. The summed E-state index contributed by atoms with van der Waals surface area (Å²) < 4.78 is 14.5. The first kappa shape index (κ1) is 15.7. The molecule has 0 radical (unpaired) electrons. The van der Waals surface area contributed by atoms with E-state index in [1.54, 1.807) is 47.6 Å². The van der Waals surface area contributed by atoms with Crippen LogP contribution in [0.3, 0.4) is 0 Å². The molecule has 0 atom stereocenters. The van der Waals surface area contributed by atoms with E-state index >= 15 is 0 Å². The number of amides is 1. The number of hydrogen-bond acceptors (Lipinski definition) is 3. The van der Waals surface area contributed by atoms with Crippen LogP contribution in [0.2, 0.25) is 5.15 Å². The summed E-state index contributed by atoms with van der Waals surface area (Å²) in [6.45, 7) is 0.609. The van der Waals surface area contributed by atoms with Gasteiger partial charge in [0, 0.05) is 30.1 Å². The molecule has 25 heavy (non-hydrogen) atoms. The summed E-state index contributed by atoms with van der Waals surface area (Å²) in [5, 5.41) is 0.390. The van der Waals surface area contributed by atoms with Crippen molar-refractivity contribution in [3.8, 4) is 11.1 Å². The molecule has 1 aromatic carbocycles. The number of pyridine rings is 2. The Morgan fingerprint density at radius 2 is 1.96 bits per heavy atom. The summed E-state index contributed by atoms with van der Waals surface area (Å²) in [4.78, 5) is 22.2. The number of aromatic nitrogens is 2. The maximum Gasteiger partial charge on any atom is 0.256 e. The number of hydrogen-bond donors (Lipinski definition) is 0. The van der Waals surface area contributed by atoms with Gasteiger partial charge in [-0.25, -0.2) is 9.37 Å². The third-order valence-corrected chi connectivity index (χ3v) is 4.45. The number of carbonyl (C=O) groups excluding carboxylic acids is 1. The Hall–Kier alpha value is -2.79. The van der Waals surface area contributed by atoms with Crippen molar-refractivity contribution in [2.24, 2.45) is 0 Å². The first-order valence-corrected chi connectivity index (χ1v) is 8.13. The summed E-state index contributed by atoms with van der Waals surface area (Å²) in [5.74, 6) is -0.474. The van der Waals surface area contributed by atoms with Gasteiger partial charge in [-0.15, -0.1) is 0 Å². The maximum absolute atomic E-state index is 14.5. The molecule has 3 aromatic rings. The van der Waals surface area contributed by atoms with Crippen LogP contribution in [0.15, 0.2) is 54.9 Å². The second kappa shape index (κ2) is 6.26. The van der Waals surface area contributed by atoms with Crippen LogP contribution in [-0.2, 0) is 13.1 Å². The van der Waals surface area contributed by atoms with Crippen LogP contribution in [0, 0.1) is 5.82 Å². The van der Waals surface area contributed by atoms with E-state index in [2.05, 4.69) is 9.97 Å². The predicted molar refractivity (Wildman–Crippen MR) is 92.5 cm³/mol. The SMILES string of the molecule is O=C1c2cccnc2CN1Cc1ccc(-c2ccc(Cl)nc2)cc1F. The van der Waals surface area contributed by atoms with E-state index in [9.17, 15) is 9.18 Å². The molecule has 1 aliphatic heterocycles. The summed E-state index contributed by atoms with van der Waals surface area (Å²) in [5.41, 5.74) is 3.28. The first-order chi connectivity index (χ1) is 12.1. The van der Waals surface area contributed by atoms with E-state index in [4.69, 9.17) is 11.6 Å². The Bertz CT molecular complexity index is 959. The van der Waals surface area contributed by atoms with Crippen LogP contribution in [0.25, 0.3) is 11.1 Å². The Morgan fingerprint density at radius 3 is 2.68 bits per heavy atom. The zero-order chi connectivity index (χ0) is 17.4. The quantitative estimate of drug-likeness (QED) is 0.666. The van der Waals surface area contributed by atoms with Crippen molar-refractivity contribution in [1.29, 1.82) is 0 Å². The highest BCUT2D eigenvalue weighted by atomic mass is 35.5. The van der Waals surface area contributed by atoms with Gasteiger partial charge in [0.05, 0.1) is 17.8 Å². The van der Waals surface area contributed by atoms with Gasteiger partial charge >= 0.3 is 0 Å². The molecule has 1 amide bonds. The molecule has 0 spiro atoms. The molecule has 0 saturated carbocycles. The third kappa shape index (κ3) is 2.98. The Kier molecular flexibility index (Phi) is 3.93. The van der Waals surface area contributed by atoms with E-state index in [1.165, 1.54) is 6.07 Å². The minimum absolute atomic E-state index is 0.117. The number of benzene rings is 1. The van der Waals surface area contributed by atoms with Crippen LogP contribution in [-0.4, -0.2) is 20.8 Å². The van der Waals surface area contributed by atoms with Crippen molar-refractivity contribution < 1.29 is 9.18 Å². The third-order valence-electron chi connectivity index (χ3n) is 4.22. The number of carbonyl (C=O) groups is 1. The van der Waals surface area contributed by atoms with Gasteiger partial charge in [0.2, 0.25) is 0 Å². The van der Waals surface area contributed by atoms with Gasteiger partial charge in [0.1, 0.15) is 11.0 Å². The molecule has 0 saturated heterocycles. The second-order valence-electron chi connectivity index (χ2n) is 5.83. The average Bonchev–Trinajstić information content (AvgIpc) is 2.94. The number of rotatable bonds is 3. The number of halogens is 2. The lowest BCUT2D eigenvalue weighted by molar-refractivity contribution is 0.0765. The van der Waals surface area contributed by atoms with Gasteiger partial charge in [-0.3, -0.25) is 9.78 Å². The van der Waals surface area contributed by atoms with E-state index < -0.39 is 0 Å². The zero-order valence-corrected chi connectivity index (χ0v) is 13.9. The van der Waals surface area contributed by atoms with E-state index in [0.717, 1.165) is 11.3 Å². The molecule has 0 fully saturated rings. The highest BCUT2D eigenvalue weighted by Crippen LogP contribution is 2.26. The van der Waals surface area contributed by atoms with Gasteiger partial charge in [-0.1, -0.05) is 23.7 Å². The molecular weight excluding hydrogens is 341 g/mol. The van der Waals surface area contributed by atoms with Crippen LogP contribution < -0.4 is 0 Å². The van der Waals surface area contributed by atoms with Gasteiger partial charge in [0.25, 0.3) is 5.91 Å². The number of nitrogens with zero attached hydrogens (tertiary/aromatic N) is 3. The van der Waals surface area contributed by atoms with Crippen molar-refractivity contribution in [1.82, 2.24) is 14.9 Å². The van der Waals surface area contributed by atoms with Crippen molar-refractivity contribution in [2.45, 2.75) is 13.1 Å². The Balaban J connectivity index is 1.56. The summed E-state index contributed by atoms with van der Waals surface area (Å²) in [6.07, 6.45) is 3.26. The lowest BCUT2D eigenvalue weighted by atomic mass is 10.0. The summed E-state index contributed by atoms with van der Waals surface area (Å²) in [7, 11) is 0. The lowest BCUT2D eigenvalue weighted by Crippen LogP contribution is -2.23. The Labute approximate surface area is 148 Å². The van der Waals surface area contributed by atoms with Gasteiger partial charge in [-0.2, -0.15) is 0 Å². The summed E-state index contributed by atoms with van der Waals surface area (Å²) >= 11 is 5.78. The van der Waals surface area contributed by atoms with Crippen molar-refractivity contribution in [3.05, 3.63) is 82.6 Å². The molecule has 0 bridgehead atoms. The van der Waals surface area contributed by atoms with Gasteiger partial charge < -0.3 is 4.90 Å². The number of fused-ring (bicyclic) bond motifs is 1. The van der Waals surface area contributed by atoms with Crippen molar-refractivity contribution in [2.75, 3.05) is 0 Å². The highest BCUT2D eigenvalue weighted by Gasteiger charge is 2.28. The molecule has 0 aliphatic carbocycles. The minimum atomic E-state index is -0.357. The normalized spacial score (nSPS) is 13.2. The molecule has 124 valence electrons. The van der Waals surface area contributed by atoms with E-state index in [0.29, 0.717) is 28.4 Å². The zero-order valence-electron chi connectivity index (χ0n) is 13.1. The maximum atomic E-state index is 14.5. The largest absolute Gasteiger partial charge is 0.328 e. The fraction of sp³-hybridized carbons (Fsp3) is 0.105. The van der Waals surface area contributed by atoms with Crippen LogP contribution in [0.1, 0.15) is 21.6 Å². The second-order valence-corrected chi connectivity index (χ2v) is 6.22. The van der Waals surface area contributed by atoms with E-state index in [-0.39, 0.29) is 18.3 Å². The molecule has 4 rings (SSSR count). The minimum Gasteiger partial charge on any atom is -0.328 e. The molecule has 3 heterocycles. The molecule has 6 heteroatoms. The van der Waals surface area contributed by atoms with Crippen LogP contribution in [0.4, 0.5) is 4.39 Å². The topological polar surface area (TPSA) is 46.1 Å². The van der Waals surface area contributed by atoms with Crippen molar-refractivity contribution >= 4 is 17.5 Å². The molecule has 1 aliphatic rings. The van der Waals surface area contributed by atoms with Gasteiger partial charge in [0.15, 0.2) is 0 Å². The molecular formula is C19H13ClFN3O. The fourth-order valence-corrected chi connectivity index (χ4v) is 3.03. The lowest BCUT2D eigenvalue weighted by Gasteiger charge is -2.16. The Morgan fingerprint density at radius 1 is 1.12 bits per heavy atom. The van der Waals surface area contributed by atoms with Crippen LogP contribution >= 0.6 is 11.6 Å². The average molecular weight is 354 g/mol. The van der Waals surface area contributed by atoms with Gasteiger partial charge in [-0.05, 0) is 35.9 Å². The molecule has 0 N–H and O–H groups in total. The van der Waals surface area contributed by atoms with E-state index in [1.807, 2.05) is 6.07 Å². The molecule has 4 nitrogen and oxygen atoms in total. The van der Waals surface area contributed by atoms with Crippen LogP contribution in [0.5, 0.6) is 0 Å². The van der Waals surface area contributed by atoms with Crippen molar-refractivity contribution in [3.63, 3.8) is 0 Å². The summed E-state index contributed by atoms with van der Waals surface area (Å²) in [6, 6.07) is 11.9. The first-order valence-electron chi connectivity index (χ1n) is 7.75. The standard InChI is InChI=1S/C19H13ClFN3O/c20-18-6-5-13(9-23-18)12-3-4-14(16(21)8-12)10-24-11-17-15(19(24)25)2-1-7-22-17/h1-9H,10-11H2.